The van der Waals surface area contributed by atoms with Crippen molar-refractivity contribution in [3.63, 3.8) is 0 Å². The SMILES string of the molecule is O=C(Cn1ccnc1)N1CCC(Cc2ccccc2)CC1. The molecule has 4 nitrogen and oxygen atoms in total. The third kappa shape index (κ3) is 3.72. The fraction of sp³-hybridized carbons (Fsp3) is 0.412. The lowest BCUT2D eigenvalue weighted by atomic mass is 9.90. The van der Waals surface area contributed by atoms with Crippen molar-refractivity contribution in [3.05, 3.63) is 54.6 Å². The lowest BCUT2D eigenvalue weighted by Crippen LogP contribution is -2.40. The molecule has 0 bridgehead atoms. The second-order valence-electron chi connectivity index (χ2n) is 5.75. The Kier molecular flexibility index (Phi) is 4.34. The van der Waals surface area contributed by atoms with Gasteiger partial charge in [-0.2, -0.15) is 0 Å². The van der Waals surface area contributed by atoms with Crippen molar-refractivity contribution in [2.45, 2.75) is 25.8 Å². The van der Waals surface area contributed by atoms with Crippen molar-refractivity contribution in [2.24, 2.45) is 5.92 Å². The highest BCUT2D eigenvalue weighted by Gasteiger charge is 2.22. The quantitative estimate of drug-likeness (QED) is 0.864. The van der Waals surface area contributed by atoms with Crippen LogP contribution in [0, 0.1) is 5.92 Å². The summed E-state index contributed by atoms with van der Waals surface area (Å²) in [6.07, 6.45) is 8.57. The van der Waals surface area contributed by atoms with E-state index in [0.717, 1.165) is 32.4 Å². The third-order valence-electron chi connectivity index (χ3n) is 4.21. The molecule has 1 aliphatic rings. The number of piperidine rings is 1. The van der Waals surface area contributed by atoms with E-state index in [2.05, 4.69) is 35.3 Å². The van der Waals surface area contributed by atoms with Crippen LogP contribution in [0.1, 0.15) is 18.4 Å². The molecular weight excluding hydrogens is 262 g/mol. The molecule has 0 unspecified atom stereocenters. The van der Waals surface area contributed by atoms with Crippen molar-refractivity contribution in [1.82, 2.24) is 14.5 Å². The van der Waals surface area contributed by atoms with Crippen LogP contribution >= 0.6 is 0 Å². The Morgan fingerprint density at radius 2 is 1.95 bits per heavy atom. The average molecular weight is 283 g/mol. The van der Waals surface area contributed by atoms with E-state index in [4.69, 9.17) is 0 Å². The summed E-state index contributed by atoms with van der Waals surface area (Å²) < 4.78 is 1.83. The van der Waals surface area contributed by atoms with Gasteiger partial charge in [0.15, 0.2) is 0 Å². The topological polar surface area (TPSA) is 38.1 Å². The molecule has 2 heterocycles. The maximum absolute atomic E-state index is 12.2. The van der Waals surface area contributed by atoms with Gasteiger partial charge in [-0.3, -0.25) is 4.79 Å². The van der Waals surface area contributed by atoms with Crippen molar-refractivity contribution < 1.29 is 4.79 Å². The second-order valence-corrected chi connectivity index (χ2v) is 5.75. The molecule has 2 aromatic rings. The number of rotatable bonds is 4. The molecular formula is C17H21N3O. The summed E-state index contributed by atoms with van der Waals surface area (Å²) in [5, 5.41) is 0. The largest absolute Gasteiger partial charge is 0.341 e. The molecule has 0 N–H and O–H groups in total. The van der Waals surface area contributed by atoms with E-state index in [1.807, 2.05) is 15.7 Å². The first-order valence-electron chi connectivity index (χ1n) is 7.59. The van der Waals surface area contributed by atoms with Gasteiger partial charge in [-0.25, -0.2) is 4.98 Å². The lowest BCUT2D eigenvalue weighted by molar-refractivity contribution is -0.133. The zero-order valence-corrected chi connectivity index (χ0v) is 12.2. The van der Waals surface area contributed by atoms with Crippen molar-refractivity contribution in [2.75, 3.05) is 13.1 Å². The van der Waals surface area contributed by atoms with Crippen molar-refractivity contribution >= 4 is 5.91 Å². The van der Waals surface area contributed by atoms with Gasteiger partial charge in [-0.1, -0.05) is 30.3 Å². The Bertz CT molecular complexity index is 557. The van der Waals surface area contributed by atoms with Crippen LogP contribution in [-0.4, -0.2) is 33.4 Å². The van der Waals surface area contributed by atoms with Crippen LogP contribution < -0.4 is 0 Å². The highest BCUT2D eigenvalue weighted by atomic mass is 16.2. The number of aromatic nitrogens is 2. The van der Waals surface area contributed by atoms with Gasteiger partial charge in [0.25, 0.3) is 0 Å². The van der Waals surface area contributed by atoms with Gasteiger partial charge in [0, 0.05) is 25.5 Å². The van der Waals surface area contributed by atoms with Gasteiger partial charge in [0.05, 0.1) is 6.33 Å². The molecule has 1 fully saturated rings. The number of hydrogen-bond donors (Lipinski definition) is 0. The summed E-state index contributed by atoms with van der Waals surface area (Å²) >= 11 is 0. The lowest BCUT2D eigenvalue weighted by Gasteiger charge is -2.32. The summed E-state index contributed by atoms with van der Waals surface area (Å²) in [7, 11) is 0. The molecule has 1 aromatic heterocycles. The fourth-order valence-electron chi connectivity index (χ4n) is 2.97. The number of imidazole rings is 1. The van der Waals surface area contributed by atoms with E-state index in [1.165, 1.54) is 5.56 Å². The van der Waals surface area contributed by atoms with Crippen molar-refractivity contribution in [1.29, 1.82) is 0 Å². The Labute approximate surface area is 125 Å². The predicted molar refractivity (Wildman–Crippen MR) is 81.7 cm³/mol. The van der Waals surface area contributed by atoms with E-state index < -0.39 is 0 Å². The smallest absolute Gasteiger partial charge is 0.242 e. The maximum atomic E-state index is 12.2. The summed E-state index contributed by atoms with van der Waals surface area (Å²) in [5.74, 6) is 0.899. The molecule has 21 heavy (non-hydrogen) atoms. The van der Waals surface area contributed by atoms with E-state index in [0.29, 0.717) is 12.5 Å². The second kappa shape index (κ2) is 6.57. The van der Waals surface area contributed by atoms with Crippen LogP contribution in [-0.2, 0) is 17.8 Å². The van der Waals surface area contributed by atoms with Crippen LogP contribution in [0.25, 0.3) is 0 Å². The van der Waals surface area contributed by atoms with Gasteiger partial charge in [0.2, 0.25) is 5.91 Å². The van der Waals surface area contributed by atoms with E-state index in [9.17, 15) is 4.79 Å². The summed E-state index contributed by atoms with van der Waals surface area (Å²) in [5.41, 5.74) is 1.40. The van der Waals surface area contributed by atoms with Crippen LogP contribution in [0.5, 0.6) is 0 Å². The number of carbonyl (C=O) groups is 1. The highest BCUT2D eigenvalue weighted by molar-refractivity contribution is 5.76. The highest BCUT2D eigenvalue weighted by Crippen LogP contribution is 2.21. The van der Waals surface area contributed by atoms with E-state index >= 15 is 0 Å². The zero-order chi connectivity index (χ0) is 14.5. The number of likely N-dealkylation sites (tertiary alicyclic amines) is 1. The summed E-state index contributed by atoms with van der Waals surface area (Å²) in [6.45, 7) is 2.17. The number of carbonyl (C=O) groups excluding carboxylic acids is 1. The van der Waals surface area contributed by atoms with Crippen molar-refractivity contribution in [3.8, 4) is 0 Å². The minimum Gasteiger partial charge on any atom is -0.341 e. The Morgan fingerprint density at radius 3 is 2.62 bits per heavy atom. The molecule has 0 aliphatic carbocycles. The third-order valence-corrected chi connectivity index (χ3v) is 4.21. The van der Waals surface area contributed by atoms with Crippen LogP contribution in [0.3, 0.4) is 0 Å². The first-order valence-corrected chi connectivity index (χ1v) is 7.59. The molecule has 0 spiro atoms. The van der Waals surface area contributed by atoms with E-state index in [-0.39, 0.29) is 5.91 Å². The first kappa shape index (κ1) is 13.9. The summed E-state index contributed by atoms with van der Waals surface area (Å²) in [6, 6.07) is 10.6. The van der Waals surface area contributed by atoms with Gasteiger partial charge in [0.1, 0.15) is 6.54 Å². The normalized spacial score (nSPS) is 16.1. The first-order chi connectivity index (χ1) is 10.3. The average Bonchev–Trinajstić information content (AvgIpc) is 3.02. The zero-order valence-electron chi connectivity index (χ0n) is 12.2. The Hall–Kier alpha value is -2.10. The van der Waals surface area contributed by atoms with Gasteiger partial charge in [-0.05, 0) is 30.7 Å². The monoisotopic (exact) mass is 283 g/mol. The molecule has 0 atom stereocenters. The predicted octanol–water partition coefficient (Wildman–Crippen LogP) is 2.36. The number of amides is 1. The molecule has 1 aromatic carbocycles. The number of hydrogen-bond acceptors (Lipinski definition) is 2. The summed E-state index contributed by atoms with van der Waals surface area (Å²) in [4.78, 5) is 18.2. The minimum atomic E-state index is 0.200. The molecule has 1 saturated heterocycles. The van der Waals surface area contributed by atoms with Crippen LogP contribution in [0.2, 0.25) is 0 Å². The van der Waals surface area contributed by atoms with Gasteiger partial charge in [-0.15, -0.1) is 0 Å². The number of benzene rings is 1. The maximum Gasteiger partial charge on any atom is 0.242 e. The molecule has 0 saturated carbocycles. The van der Waals surface area contributed by atoms with E-state index in [1.54, 1.807) is 12.5 Å². The molecule has 1 amide bonds. The molecule has 110 valence electrons. The fourth-order valence-corrected chi connectivity index (χ4v) is 2.97. The minimum absolute atomic E-state index is 0.200. The van der Waals surface area contributed by atoms with Crippen LogP contribution in [0.15, 0.2) is 49.1 Å². The van der Waals surface area contributed by atoms with Gasteiger partial charge < -0.3 is 9.47 Å². The van der Waals surface area contributed by atoms with Gasteiger partial charge >= 0.3 is 0 Å². The van der Waals surface area contributed by atoms with Crippen LogP contribution in [0.4, 0.5) is 0 Å². The molecule has 3 rings (SSSR count). The Morgan fingerprint density at radius 1 is 1.19 bits per heavy atom. The molecule has 1 aliphatic heterocycles. The standard InChI is InChI=1S/C17H21N3O/c21-17(13-19-11-8-18-14-19)20-9-6-16(7-10-20)12-15-4-2-1-3-5-15/h1-5,8,11,14,16H,6-7,9-10,12-13H2. The molecule has 0 radical (unpaired) electrons. The Balaban J connectivity index is 1.47. The number of nitrogens with zero attached hydrogens (tertiary/aromatic N) is 3. The molecule has 4 heteroatoms.